The number of fused-ring (bicyclic) bond motifs is 1. The number of ether oxygens (including phenoxy) is 2. The minimum atomic E-state index is -0.464. The molecule has 0 bridgehead atoms. The lowest BCUT2D eigenvalue weighted by Gasteiger charge is -2.02. The standard InChI is InChI=1S/C13H17N3O3S/c1-2-19-9-3-4-10-11(7-9)20-13(16-10)15-5-6-18-8-12(14)17/h3-4,7H,2,5-6,8H2,1H3,(H2,14,17)(H,15,16). The third-order valence-electron chi connectivity index (χ3n) is 2.44. The maximum atomic E-state index is 10.5. The van der Waals surface area contributed by atoms with Crippen LogP contribution in [0.1, 0.15) is 6.92 Å². The van der Waals surface area contributed by atoms with Crippen LogP contribution in [0, 0.1) is 0 Å². The molecule has 3 N–H and O–H groups in total. The van der Waals surface area contributed by atoms with E-state index in [0.717, 1.165) is 21.1 Å². The van der Waals surface area contributed by atoms with Crippen molar-refractivity contribution in [1.29, 1.82) is 0 Å². The van der Waals surface area contributed by atoms with Crippen molar-refractivity contribution in [3.05, 3.63) is 18.2 Å². The van der Waals surface area contributed by atoms with Gasteiger partial charge in [0.25, 0.3) is 0 Å². The van der Waals surface area contributed by atoms with E-state index in [1.807, 2.05) is 25.1 Å². The van der Waals surface area contributed by atoms with Crippen molar-refractivity contribution in [3.63, 3.8) is 0 Å². The molecule has 0 aliphatic carbocycles. The Labute approximate surface area is 120 Å². The van der Waals surface area contributed by atoms with Crippen molar-refractivity contribution in [1.82, 2.24) is 4.98 Å². The van der Waals surface area contributed by atoms with Gasteiger partial charge in [-0.05, 0) is 25.1 Å². The van der Waals surface area contributed by atoms with Crippen LogP contribution in [0.4, 0.5) is 5.13 Å². The van der Waals surface area contributed by atoms with E-state index in [-0.39, 0.29) is 6.61 Å². The number of rotatable bonds is 8. The first kappa shape index (κ1) is 14.5. The molecule has 0 atom stereocenters. The number of primary amides is 1. The van der Waals surface area contributed by atoms with Gasteiger partial charge in [-0.1, -0.05) is 11.3 Å². The van der Waals surface area contributed by atoms with Crippen LogP contribution in [0.15, 0.2) is 18.2 Å². The Bertz CT molecular complexity index is 585. The molecule has 2 rings (SSSR count). The highest BCUT2D eigenvalue weighted by Gasteiger charge is 2.05. The third kappa shape index (κ3) is 4.07. The molecule has 0 aliphatic heterocycles. The molecule has 1 aromatic carbocycles. The van der Waals surface area contributed by atoms with Gasteiger partial charge in [0, 0.05) is 6.54 Å². The number of aromatic nitrogens is 1. The van der Waals surface area contributed by atoms with Crippen molar-refractivity contribution < 1.29 is 14.3 Å². The van der Waals surface area contributed by atoms with Crippen LogP contribution in [-0.4, -0.2) is 37.3 Å². The van der Waals surface area contributed by atoms with Crippen LogP contribution in [-0.2, 0) is 9.53 Å². The Morgan fingerprint density at radius 1 is 1.50 bits per heavy atom. The van der Waals surface area contributed by atoms with E-state index in [0.29, 0.717) is 19.8 Å². The van der Waals surface area contributed by atoms with Crippen molar-refractivity contribution in [2.24, 2.45) is 5.73 Å². The molecule has 0 aliphatic rings. The van der Waals surface area contributed by atoms with Crippen molar-refractivity contribution in [2.75, 3.05) is 31.7 Å². The third-order valence-corrected chi connectivity index (χ3v) is 3.41. The number of nitrogens with two attached hydrogens (primary N) is 1. The summed E-state index contributed by atoms with van der Waals surface area (Å²) in [6.07, 6.45) is 0. The first-order chi connectivity index (χ1) is 9.69. The van der Waals surface area contributed by atoms with Gasteiger partial charge in [0.2, 0.25) is 5.91 Å². The van der Waals surface area contributed by atoms with Crippen LogP contribution in [0.5, 0.6) is 5.75 Å². The fraction of sp³-hybridized carbons (Fsp3) is 0.385. The first-order valence-electron chi connectivity index (χ1n) is 6.32. The van der Waals surface area contributed by atoms with Gasteiger partial charge >= 0.3 is 0 Å². The lowest BCUT2D eigenvalue weighted by atomic mass is 10.3. The second-order valence-electron chi connectivity index (χ2n) is 4.03. The van der Waals surface area contributed by atoms with Gasteiger partial charge < -0.3 is 20.5 Å². The maximum Gasteiger partial charge on any atom is 0.243 e. The average Bonchev–Trinajstić information content (AvgIpc) is 2.80. The lowest BCUT2D eigenvalue weighted by Crippen LogP contribution is -2.20. The summed E-state index contributed by atoms with van der Waals surface area (Å²) in [6, 6.07) is 5.82. The molecule has 0 radical (unpaired) electrons. The zero-order valence-electron chi connectivity index (χ0n) is 11.2. The highest BCUT2D eigenvalue weighted by Crippen LogP contribution is 2.29. The Kier molecular flexibility index (Phi) is 5.14. The largest absolute Gasteiger partial charge is 0.494 e. The summed E-state index contributed by atoms with van der Waals surface area (Å²) in [4.78, 5) is 14.9. The highest BCUT2D eigenvalue weighted by atomic mass is 32.1. The van der Waals surface area contributed by atoms with E-state index in [2.05, 4.69) is 10.3 Å². The molecule has 1 amide bonds. The summed E-state index contributed by atoms with van der Waals surface area (Å²) in [5.74, 6) is 0.383. The van der Waals surface area contributed by atoms with E-state index in [4.69, 9.17) is 15.2 Å². The van der Waals surface area contributed by atoms with Crippen molar-refractivity contribution >= 4 is 32.6 Å². The Morgan fingerprint density at radius 3 is 3.10 bits per heavy atom. The van der Waals surface area contributed by atoms with Crippen LogP contribution in [0.25, 0.3) is 10.2 Å². The number of nitrogens with one attached hydrogen (secondary N) is 1. The summed E-state index contributed by atoms with van der Waals surface area (Å²) in [5.41, 5.74) is 5.90. The fourth-order valence-electron chi connectivity index (χ4n) is 1.64. The molecular weight excluding hydrogens is 278 g/mol. The lowest BCUT2D eigenvalue weighted by molar-refractivity contribution is -0.122. The van der Waals surface area contributed by atoms with Crippen LogP contribution < -0.4 is 15.8 Å². The SMILES string of the molecule is CCOc1ccc2nc(NCCOCC(N)=O)sc2c1. The molecule has 1 aromatic heterocycles. The van der Waals surface area contributed by atoms with Gasteiger partial charge in [-0.15, -0.1) is 0 Å². The van der Waals surface area contributed by atoms with Crippen LogP contribution in [0.3, 0.4) is 0 Å². The minimum Gasteiger partial charge on any atom is -0.494 e. The molecule has 108 valence electrons. The Balaban J connectivity index is 1.89. The normalized spacial score (nSPS) is 10.7. The summed E-state index contributed by atoms with van der Waals surface area (Å²) in [6.45, 7) is 3.52. The highest BCUT2D eigenvalue weighted by molar-refractivity contribution is 7.22. The molecule has 2 aromatic rings. The molecule has 0 fully saturated rings. The van der Waals surface area contributed by atoms with E-state index in [1.54, 1.807) is 11.3 Å². The quantitative estimate of drug-likeness (QED) is 0.723. The van der Waals surface area contributed by atoms with Gasteiger partial charge in [-0.25, -0.2) is 4.98 Å². The van der Waals surface area contributed by atoms with Crippen LogP contribution >= 0.6 is 11.3 Å². The Hall–Kier alpha value is -1.86. The fourth-order valence-corrected chi connectivity index (χ4v) is 2.56. The van der Waals surface area contributed by atoms with Crippen LogP contribution in [0.2, 0.25) is 0 Å². The molecule has 0 spiro atoms. The van der Waals surface area contributed by atoms with Gasteiger partial charge in [0.1, 0.15) is 12.4 Å². The number of nitrogens with zero attached hydrogens (tertiary/aromatic N) is 1. The summed E-state index contributed by atoms with van der Waals surface area (Å²) < 4.78 is 11.6. The topological polar surface area (TPSA) is 86.5 Å². The molecule has 0 saturated heterocycles. The number of carbonyl (C=O) groups is 1. The first-order valence-corrected chi connectivity index (χ1v) is 7.14. The van der Waals surface area contributed by atoms with E-state index in [9.17, 15) is 4.79 Å². The van der Waals surface area contributed by atoms with E-state index >= 15 is 0 Å². The molecule has 6 nitrogen and oxygen atoms in total. The number of amides is 1. The van der Waals surface area contributed by atoms with Gasteiger partial charge in [-0.3, -0.25) is 4.79 Å². The monoisotopic (exact) mass is 295 g/mol. The molecule has 0 saturated carbocycles. The predicted octanol–water partition coefficient (Wildman–Crippen LogP) is 1.61. The Morgan fingerprint density at radius 2 is 2.35 bits per heavy atom. The zero-order valence-corrected chi connectivity index (χ0v) is 12.0. The summed E-state index contributed by atoms with van der Waals surface area (Å²) in [5, 5.41) is 3.96. The van der Waals surface area contributed by atoms with E-state index < -0.39 is 5.91 Å². The number of anilines is 1. The number of benzene rings is 1. The number of hydrogen-bond donors (Lipinski definition) is 2. The summed E-state index contributed by atoms with van der Waals surface area (Å²) >= 11 is 1.55. The second kappa shape index (κ2) is 7.06. The molecule has 20 heavy (non-hydrogen) atoms. The maximum absolute atomic E-state index is 10.5. The van der Waals surface area contributed by atoms with Crippen molar-refractivity contribution in [2.45, 2.75) is 6.92 Å². The van der Waals surface area contributed by atoms with Crippen molar-refractivity contribution in [3.8, 4) is 5.75 Å². The number of thiazole rings is 1. The summed E-state index contributed by atoms with van der Waals surface area (Å²) in [7, 11) is 0. The van der Waals surface area contributed by atoms with E-state index in [1.165, 1.54) is 0 Å². The van der Waals surface area contributed by atoms with Gasteiger partial charge in [0.05, 0.1) is 23.4 Å². The number of carbonyl (C=O) groups excluding carboxylic acids is 1. The molecule has 1 heterocycles. The second-order valence-corrected chi connectivity index (χ2v) is 5.06. The zero-order chi connectivity index (χ0) is 14.4. The molecule has 7 heteroatoms. The minimum absolute atomic E-state index is 0.0563. The average molecular weight is 295 g/mol. The molecule has 0 unspecified atom stereocenters. The smallest absolute Gasteiger partial charge is 0.243 e. The molecular formula is C13H17N3O3S. The predicted molar refractivity (Wildman–Crippen MR) is 79.3 cm³/mol. The van der Waals surface area contributed by atoms with Gasteiger partial charge in [-0.2, -0.15) is 0 Å². The number of hydrogen-bond acceptors (Lipinski definition) is 6. The van der Waals surface area contributed by atoms with Gasteiger partial charge in [0.15, 0.2) is 5.13 Å².